The largest absolute Gasteiger partial charge is 0.320 e. The molecule has 0 saturated carbocycles. The highest BCUT2D eigenvalue weighted by atomic mass is 16.2. The lowest BCUT2D eigenvalue weighted by molar-refractivity contribution is -0.110. The third kappa shape index (κ3) is 2.59. The van der Waals surface area contributed by atoms with Crippen molar-refractivity contribution in [2.45, 2.75) is 0 Å². The van der Waals surface area contributed by atoms with Crippen molar-refractivity contribution in [2.75, 3.05) is 10.6 Å². The molecule has 0 radical (unpaired) electrons. The first kappa shape index (κ1) is 16.1. The number of carbonyl (C=O) groups excluding carboxylic acids is 2. The molecule has 3 aromatic carbocycles. The van der Waals surface area contributed by atoms with Crippen LogP contribution in [0, 0.1) is 0 Å². The third-order valence-corrected chi connectivity index (χ3v) is 4.64. The fourth-order valence-electron chi connectivity index (χ4n) is 3.32. The van der Waals surface area contributed by atoms with E-state index in [1.807, 2.05) is 60.7 Å². The molecule has 28 heavy (non-hydrogen) atoms. The number of hydrogen-bond acceptors (Lipinski definition) is 4. The molecule has 3 aromatic rings. The summed E-state index contributed by atoms with van der Waals surface area (Å²) in [6, 6.07) is 22.0. The van der Waals surface area contributed by atoms with Gasteiger partial charge in [0.05, 0.1) is 22.7 Å². The Morgan fingerprint density at radius 1 is 0.536 bits per heavy atom. The van der Waals surface area contributed by atoms with Gasteiger partial charge < -0.3 is 10.6 Å². The van der Waals surface area contributed by atoms with Crippen molar-refractivity contribution in [3.8, 4) is 0 Å². The maximum atomic E-state index is 12.4. The second-order valence-electron chi connectivity index (χ2n) is 6.41. The van der Waals surface area contributed by atoms with Crippen LogP contribution in [-0.4, -0.2) is 23.2 Å². The number of amides is 2. The quantitative estimate of drug-likeness (QED) is 0.722. The molecule has 0 aromatic heterocycles. The van der Waals surface area contributed by atoms with E-state index in [0.717, 1.165) is 22.5 Å². The van der Waals surface area contributed by atoms with Gasteiger partial charge >= 0.3 is 0 Å². The molecule has 2 amide bonds. The Bertz CT molecular complexity index is 1120. The predicted molar refractivity (Wildman–Crippen MR) is 109 cm³/mol. The van der Waals surface area contributed by atoms with E-state index in [4.69, 9.17) is 0 Å². The van der Waals surface area contributed by atoms with Crippen LogP contribution in [0.1, 0.15) is 11.1 Å². The van der Waals surface area contributed by atoms with Crippen molar-refractivity contribution in [3.05, 3.63) is 83.9 Å². The van der Waals surface area contributed by atoms with E-state index in [2.05, 4.69) is 20.6 Å². The second kappa shape index (κ2) is 6.28. The van der Waals surface area contributed by atoms with Gasteiger partial charge in [-0.15, -0.1) is 0 Å². The van der Waals surface area contributed by atoms with Crippen LogP contribution in [0.3, 0.4) is 0 Å². The molecular weight excluding hydrogens is 352 g/mol. The Morgan fingerprint density at radius 2 is 0.929 bits per heavy atom. The van der Waals surface area contributed by atoms with Crippen molar-refractivity contribution >= 4 is 46.0 Å². The molecule has 0 saturated heterocycles. The zero-order chi connectivity index (χ0) is 19.1. The first-order chi connectivity index (χ1) is 13.7. The fraction of sp³-hybridized carbons (Fsp3) is 0. The van der Waals surface area contributed by atoms with Crippen LogP contribution in [0.5, 0.6) is 0 Å². The molecule has 0 atom stereocenters. The van der Waals surface area contributed by atoms with Gasteiger partial charge in [-0.2, -0.15) is 0 Å². The Balaban J connectivity index is 1.62. The normalized spacial score (nSPS) is 17.4. The highest BCUT2D eigenvalue weighted by Crippen LogP contribution is 2.33. The lowest BCUT2D eigenvalue weighted by Crippen LogP contribution is -2.14. The zero-order valence-corrected chi connectivity index (χ0v) is 14.6. The summed E-state index contributed by atoms with van der Waals surface area (Å²) in [5.74, 6) is -0.514. The molecule has 2 aliphatic rings. The maximum Gasteiger partial charge on any atom is 0.275 e. The van der Waals surface area contributed by atoms with E-state index in [0.29, 0.717) is 22.8 Å². The first-order valence-electron chi connectivity index (χ1n) is 8.78. The topological polar surface area (TPSA) is 82.9 Å². The molecule has 2 aliphatic heterocycles. The smallest absolute Gasteiger partial charge is 0.275 e. The van der Waals surface area contributed by atoms with Gasteiger partial charge in [-0.05, 0) is 24.3 Å². The monoisotopic (exact) mass is 366 g/mol. The second-order valence-corrected chi connectivity index (χ2v) is 6.41. The van der Waals surface area contributed by atoms with Gasteiger partial charge in [0.25, 0.3) is 11.8 Å². The molecule has 0 fully saturated rings. The lowest BCUT2D eigenvalue weighted by Gasteiger charge is -2.03. The average molecular weight is 366 g/mol. The minimum atomic E-state index is -0.257. The first-order valence-corrected chi connectivity index (χ1v) is 8.78. The lowest BCUT2D eigenvalue weighted by atomic mass is 10.1. The van der Waals surface area contributed by atoms with Crippen LogP contribution in [0.15, 0.2) is 82.8 Å². The Hall–Kier alpha value is -4.06. The van der Waals surface area contributed by atoms with Crippen LogP contribution in [0.2, 0.25) is 0 Å². The number of fused-ring (bicyclic) bond motifs is 2. The fourth-order valence-corrected chi connectivity index (χ4v) is 3.32. The van der Waals surface area contributed by atoms with Crippen molar-refractivity contribution < 1.29 is 9.59 Å². The van der Waals surface area contributed by atoms with Crippen LogP contribution in [0.25, 0.3) is 0 Å². The minimum Gasteiger partial charge on any atom is -0.320 e. The van der Waals surface area contributed by atoms with E-state index in [9.17, 15) is 9.59 Å². The van der Waals surface area contributed by atoms with E-state index in [1.54, 1.807) is 12.1 Å². The molecule has 5 rings (SSSR count). The van der Waals surface area contributed by atoms with Gasteiger partial charge in [-0.3, -0.25) is 9.59 Å². The van der Waals surface area contributed by atoms with E-state index >= 15 is 0 Å². The molecular formula is C22H14N4O2. The van der Waals surface area contributed by atoms with Crippen molar-refractivity contribution in [1.82, 2.24) is 0 Å². The van der Waals surface area contributed by atoms with Crippen LogP contribution < -0.4 is 10.6 Å². The van der Waals surface area contributed by atoms with Crippen molar-refractivity contribution in [2.24, 2.45) is 9.98 Å². The Labute approximate surface area is 160 Å². The Morgan fingerprint density at radius 3 is 1.39 bits per heavy atom. The summed E-state index contributed by atoms with van der Waals surface area (Å²) in [5.41, 5.74) is 4.68. The molecule has 6 nitrogen and oxygen atoms in total. The summed E-state index contributed by atoms with van der Waals surface area (Å²) in [6.07, 6.45) is 0. The summed E-state index contributed by atoms with van der Waals surface area (Å²) in [6.45, 7) is 0. The predicted octanol–water partition coefficient (Wildman–Crippen LogP) is 3.83. The van der Waals surface area contributed by atoms with E-state index in [-0.39, 0.29) is 11.8 Å². The molecule has 2 N–H and O–H groups in total. The number of aliphatic imine (C=N–C) groups is 2. The van der Waals surface area contributed by atoms with Gasteiger partial charge in [-0.1, -0.05) is 48.5 Å². The third-order valence-electron chi connectivity index (χ3n) is 4.64. The molecule has 0 bridgehead atoms. The molecule has 0 aliphatic carbocycles. The SMILES string of the molecule is O=C1Nc2ccccc2C1=Nc1ccccc1N=C1C(=O)Nc2ccccc21. The number of nitrogens with one attached hydrogen (secondary N) is 2. The number of carbonyl (C=O) groups is 2. The average Bonchev–Trinajstić information content (AvgIpc) is 3.20. The van der Waals surface area contributed by atoms with Crippen molar-refractivity contribution in [1.29, 1.82) is 0 Å². The summed E-state index contributed by atoms with van der Waals surface area (Å²) < 4.78 is 0. The van der Waals surface area contributed by atoms with E-state index < -0.39 is 0 Å². The number of nitrogens with zero attached hydrogens (tertiary/aromatic N) is 2. The molecule has 0 spiro atoms. The summed E-state index contributed by atoms with van der Waals surface area (Å²) in [7, 11) is 0. The van der Waals surface area contributed by atoms with Gasteiger partial charge in [-0.25, -0.2) is 9.98 Å². The number of para-hydroxylation sites is 4. The molecule has 134 valence electrons. The summed E-state index contributed by atoms with van der Waals surface area (Å²) >= 11 is 0. The number of benzene rings is 3. The number of rotatable bonds is 2. The van der Waals surface area contributed by atoms with Crippen LogP contribution in [-0.2, 0) is 9.59 Å². The van der Waals surface area contributed by atoms with Crippen molar-refractivity contribution in [3.63, 3.8) is 0 Å². The molecule has 2 heterocycles. The maximum absolute atomic E-state index is 12.4. The summed E-state index contributed by atoms with van der Waals surface area (Å²) in [4.78, 5) is 33.9. The highest BCUT2D eigenvalue weighted by molar-refractivity contribution is 6.55. The van der Waals surface area contributed by atoms with Gasteiger partial charge in [0, 0.05) is 11.1 Å². The van der Waals surface area contributed by atoms with Crippen LogP contribution >= 0.6 is 0 Å². The highest BCUT2D eigenvalue weighted by Gasteiger charge is 2.27. The zero-order valence-electron chi connectivity index (χ0n) is 14.6. The number of hydrogen-bond donors (Lipinski definition) is 2. The Kier molecular flexibility index (Phi) is 3.62. The van der Waals surface area contributed by atoms with Crippen LogP contribution in [0.4, 0.5) is 22.7 Å². The number of anilines is 2. The molecule has 6 heteroatoms. The standard InChI is InChI=1S/C22H14N4O2/c27-21-19(13-7-1-3-9-15(13)25-21)23-17-11-5-6-12-18(17)24-20-14-8-2-4-10-16(14)26-22(20)28/h1-12H,(H,23,25,27)(H,24,26,28). The minimum absolute atomic E-state index is 0.257. The van der Waals surface area contributed by atoms with Gasteiger partial charge in [0.2, 0.25) is 0 Å². The summed E-state index contributed by atoms with van der Waals surface area (Å²) in [5, 5.41) is 5.62. The van der Waals surface area contributed by atoms with Gasteiger partial charge in [0.1, 0.15) is 11.4 Å². The van der Waals surface area contributed by atoms with Gasteiger partial charge in [0.15, 0.2) is 0 Å². The molecule has 0 unspecified atom stereocenters. The van der Waals surface area contributed by atoms with E-state index in [1.165, 1.54) is 0 Å².